The van der Waals surface area contributed by atoms with Crippen LogP contribution in [0.5, 0.6) is 0 Å². The minimum absolute atomic E-state index is 0.261. The van der Waals surface area contributed by atoms with Gasteiger partial charge in [0.15, 0.2) is 0 Å². The van der Waals surface area contributed by atoms with E-state index in [9.17, 15) is 0 Å². The van der Waals surface area contributed by atoms with Gasteiger partial charge in [-0.1, -0.05) is 48.5 Å². The van der Waals surface area contributed by atoms with Crippen molar-refractivity contribution in [2.75, 3.05) is 14.2 Å². The number of rotatable bonds is 3. The molecule has 0 saturated carbocycles. The molecule has 1 radical (unpaired) electrons. The zero-order chi connectivity index (χ0) is 12.5. The van der Waals surface area contributed by atoms with E-state index in [2.05, 4.69) is 48.5 Å². The fraction of sp³-hybridized carbons (Fsp3) is 0.200. The first-order valence-corrected chi connectivity index (χ1v) is 7.39. The maximum Gasteiger partial charge on any atom is 0.397 e. The van der Waals surface area contributed by atoms with E-state index in [1.54, 1.807) is 14.2 Å². The molecule has 0 unspecified atom stereocenters. The average Bonchev–Trinajstić information content (AvgIpc) is 2.76. The lowest BCUT2D eigenvalue weighted by Crippen LogP contribution is -2.28. The molecular formula is C15H15O2Si. The monoisotopic (exact) mass is 255 g/mol. The molecule has 18 heavy (non-hydrogen) atoms. The molecule has 0 spiro atoms. The molecule has 1 aliphatic rings. The quantitative estimate of drug-likeness (QED) is 0.785. The van der Waals surface area contributed by atoms with E-state index in [1.165, 1.54) is 22.3 Å². The van der Waals surface area contributed by atoms with E-state index in [1.807, 2.05) is 0 Å². The number of hydrogen-bond acceptors (Lipinski definition) is 2. The SMILES string of the molecule is CO[Si](OC)C1c2ccccc2-c2ccccc21. The second-order valence-electron chi connectivity index (χ2n) is 4.33. The van der Waals surface area contributed by atoms with Crippen molar-refractivity contribution >= 4 is 9.28 Å². The van der Waals surface area contributed by atoms with Gasteiger partial charge in [0.05, 0.1) is 5.54 Å². The third-order valence-corrected chi connectivity index (χ3v) is 5.37. The highest BCUT2D eigenvalue weighted by molar-refractivity contribution is 6.48. The summed E-state index contributed by atoms with van der Waals surface area (Å²) in [6, 6.07) is 17.1. The van der Waals surface area contributed by atoms with Gasteiger partial charge in [0.25, 0.3) is 0 Å². The average molecular weight is 255 g/mol. The smallest absolute Gasteiger partial charge is 0.396 e. The predicted molar refractivity (Wildman–Crippen MR) is 73.5 cm³/mol. The summed E-state index contributed by atoms with van der Waals surface area (Å²) in [5, 5.41) is 0. The lowest BCUT2D eigenvalue weighted by molar-refractivity contribution is 0.271. The first kappa shape index (κ1) is 11.7. The molecule has 0 bridgehead atoms. The molecule has 3 heteroatoms. The van der Waals surface area contributed by atoms with Crippen molar-refractivity contribution < 1.29 is 8.85 Å². The topological polar surface area (TPSA) is 18.5 Å². The Morgan fingerprint density at radius 2 is 1.22 bits per heavy atom. The van der Waals surface area contributed by atoms with E-state index < -0.39 is 9.28 Å². The van der Waals surface area contributed by atoms with Gasteiger partial charge in [-0.3, -0.25) is 0 Å². The molecule has 0 amide bonds. The fourth-order valence-corrected chi connectivity index (χ4v) is 4.38. The van der Waals surface area contributed by atoms with Crippen LogP contribution >= 0.6 is 0 Å². The third-order valence-electron chi connectivity index (χ3n) is 3.47. The second-order valence-corrected chi connectivity index (χ2v) is 6.37. The first-order chi connectivity index (χ1) is 8.86. The normalized spacial score (nSPS) is 13.7. The van der Waals surface area contributed by atoms with Gasteiger partial charge in [-0.25, -0.2) is 0 Å². The molecule has 0 fully saturated rings. The molecule has 0 aromatic heterocycles. The predicted octanol–water partition coefficient (Wildman–Crippen LogP) is 3.12. The van der Waals surface area contributed by atoms with Crippen molar-refractivity contribution in [2.24, 2.45) is 0 Å². The highest BCUT2D eigenvalue weighted by atomic mass is 28.3. The van der Waals surface area contributed by atoms with Gasteiger partial charge in [0.1, 0.15) is 0 Å². The first-order valence-electron chi connectivity index (χ1n) is 6.00. The fourth-order valence-electron chi connectivity index (χ4n) is 2.73. The Labute approximate surface area is 109 Å². The molecule has 3 rings (SSSR count). The van der Waals surface area contributed by atoms with Crippen LogP contribution in [0.1, 0.15) is 16.7 Å². The summed E-state index contributed by atoms with van der Waals surface area (Å²) >= 11 is 0. The van der Waals surface area contributed by atoms with Gasteiger partial charge in [0.2, 0.25) is 0 Å². The minimum Gasteiger partial charge on any atom is -0.396 e. The molecule has 0 heterocycles. The van der Waals surface area contributed by atoms with Gasteiger partial charge >= 0.3 is 9.28 Å². The second kappa shape index (κ2) is 4.69. The molecule has 0 saturated heterocycles. The van der Waals surface area contributed by atoms with Crippen molar-refractivity contribution in [1.82, 2.24) is 0 Å². The van der Waals surface area contributed by atoms with Gasteiger partial charge in [-0.15, -0.1) is 0 Å². The minimum atomic E-state index is -1.32. The van der Waals surface area contributed by atoms with Crippen LogP contribution in [-0.2, 0) is 8.85 Å². The van der Waals surface area contributed by atoms with Crippen molar-refractivity contribution in [3.8, 4) is 11.1 Å². The summed E-state index contributed by atoms with van der Waals surface area (Å²) < 4.78 is 11.2. The Morgan fingerprint density at radius 3 is 1.67 bits per heavy atom. The van der Waals surface area contributed by atoms with Crippen LogP contribution in [0.15, 0.2) is 48.5 Å². The van der Waals surface area contributed by atoms with Gasteiger partial charge < -0.3 is 8.85 Å². The van der Waals surface area contributed by atoms with E-state index in [-0.39, 0.29) is 5.54 Å². The van der Waals surface area contributed by atoms with Crippen molar-refractivity contribution in [3.63, 3.8) is 0 Å². The van der Waals surface area contributed by atoms with Crippen LogP contribution in [0.4, 0.5) is 0 Å². The zero-order valence-corrected chi connectivity index (χ0v) is 11.5. The molecule has 2 nitrogen and oxygen atoms in total. The Bertz CT molecular complexity index is 518. The number of hydrogen-bond donors (Lipinski definition) is 0. The van der Waals surface area contributed by atoms with Crippen LogP contribution in [0.2, 0.25) is 0 Å². The summed E-state index contributed by atoms with van der Waals surface area (Å²) in [7, 11) is 2.15. The molecule has 91 valence electrons. The zero-order valence-electron chi connectivity index (χ0n) is 10.5. The van der Waals surface area contributed by atoms with E-state index in [0.29, 0.717) is 0 Å². The van der Waals surface area contributed by atoms with E-state index in [0.717, 1.165) is 0 Å². The largest absolute Gasteiger partial charge is 0.397 e. The summed E-state index contributed by atoms with van der Waals surface area (Å²) in [4.78, 5) is 0. The lowest BCUT2D eigenvalue weighted by atomic mass is 10.1. The van der Waals surface area contributed by atoms with E-state index >= 15 is 0 Å². The number of benzene rings is 2. The van der Waals surface area contributed by atoms with Gasteiger partial charge in [-0.2, -0.15) is 0 Å². The summed E-state index contributed by atoms with van der Waals surface area (Å²) in [5.41, 5.74) is 5.55. The highest BCUT2D eigenvalue weighted by Gasteiger charge is 2.37. The van der Waals surface area contributed by atoms with Crippen LogP contribution in [0.25, 0.3) is 11.1 Å². The molecular weight excluding hydrogens is 240 g/mol. The van der Waals surface area contributed by atoms with Crippen LogP contribution in [0.3, 0.4) is 0 Å². The number of fused-ring (bicyclic) bond motifs is 3. The van der Waals surface area contributed by atoms with Crippen LogP contribution < -0.4 is 0 Å². The molecule has 2 aromatic rings. The summed E-state index contributed by atoms with van der Waals surface area (Å²) in [5.74, 6) is 0. The van der Waals surface area contributed by atoms with Crippen LogP contribution in [0, 0.1) is 0 Å². The Balaban J connectivity index is 2.20. The highest BCUT2D eigenvalue weighted by Crippen LogP contribution is 2.45. The van der Waals surface area contributed by atoms with Crippen molar-refractivity contribution in [1.29, 1.82) is 0 Å². The lowest BCUT2D eigenvalue weighted by Gasteiger charge is -2.18. The van der Waals surface area contributed by atoms with Crippen molar-refractivity contribution in [2.45, 2.75) is 5.54 Å². The van der Waals surface area contributed by atoms with Gasteiger partial charge in [-0.05, 0) is 22.3 Å². The summed E-state index contributed by atoms with van der Waals surface area (Å²) in [6.45, 7) is 0. The molecule has 1 aliphatic carbocycles. The standard InChI is InChI=1S/C15H15O2Si/c1-16-18(17-2)15-13-9-5-3-7-11(13)12-8-4-6-10-14(12)15/h3-10,15H,1-2H3. The molecule has 0 N–H and O–H groups in total. The van der Waals surface area contributed by atoms with Crippen LogP contribution in [-0.4, -0.2) is 23.5 Å². The molecule has 0 atom stereocenters. The third kappa shape index (κ3) is 1.63. The Kier molecular flexibility index (Phi) is 3.03. The van der Waals surface area contributed by atoms with E-state index in [4.69, 9.17) is 8.85 Å². The Hall–Kier alpha value is -1.42. The maximum absolute atomic E-state index is 5.58. The summed E-state index contributed by atoms with van der Waals surface area (Å²) in [6.07, 6.45) is 0. The molecule has 2 aromatic carbocycles. The molecule has 0 aliphatic heterocycles. The van der Waals surface area contributed by atoms with Gasteiger partial charge in [0, 0.05) is 14.2 Å². The van der Waals surface area contributed by atoms with Crippen molar-refractivity contribution in [3.05, 3.63) is 59.7 Å². The maximum atomic E-state index is 5.58. The Morgan fingerprint density at radius 1 is 0.778 bits per heavy atom.